The molecule has 3 saturated heterocycles. The molecular weight excluding hydrogens is 1330 g/mol. The second-order valence-corrected chi connectivity index (χ2v) is 32.5. The smallest absolute Gasteiger partial charge is 0.192 e. The van der Waals surface area contributed by atoms with Gasteiger partial charge in [-0.3, -0.25) is 0 Å². The van der Waals surface area contributed by atoms with E-state index in [1.54, 1.807) is 54.8 Å². The minimum absolute atomic E-state index is 0.00579. The van der Waals surface area contributed by atoms with Crippen molar-refractivity contribution in [3.63, 3.8) is 0 Å². The summed E-state index contributed by atoms with van der Waals surface area (Å²) < 4.78 is 117. The van der Waals surface area contributed by atoms with Gasteiger partial charge in [-0.05, 0) is 136 Å². The fraction of sp³-hybridized carbons (Fsp3) is 0.462. The van der Waals surface area contributed by atoms with Crippen molar-refractivity contribution in [2.75, 3.05) is 62.5 Å². The van der Waals surface area contributed by atoms with Crippen LogP contribution in [-0.2, 0) is 96.2 Å². The summed E-state index contributed by atoms with van der Waals surface area (Å²) in [4.78, 5) is 0.806. The lowest BCUT2D eigenvalue weighted by Gasteiger charge is -2.50. The maximum absolute atomic E-state index is 13.6. The molecule has 3 fully saturated rings. The van der Waals surface area contributed by atoms with Crippen LogP contribution in [0.3, 0.4) is 0 Å². The Hall–Kier alpha value is -6.69. The number of rotatable bonds is 35. The predicted octanol–water partition coefficient (Wildman–Crippen LogP) is 11.7. The molecule has 0 spiro atoms. The summed E-state index contributed by atoms with van der Waals surface area (Å²) in [6.45, 7) is 10.8. The SMILES string of the molecule is COc1ccc(COC[C@H]2O[C@@H](O[C@H]3[C@H](O)[C@@H](OCc4ccc(OC)cc4)[C@H](O[C@@H]4[C@@H](O)[C@@H](Sc5ccccc5)O[C@H](CO[Si](C)(C)C(C)(C)C)[C@H]4O)O[C@@H]3COCc3ccc(OC)cc3)[C@H](OCc3ccc(OC)cc3)[C@@H](OCc3ccc(OC)cc3)[C@H]2OCc2ccc(OC)cc2)cc1. The van der Waals surface area contributed by atoms with Gasteiger partial charge in [0.25, 0.3) is 0 Å². The van der Waals surface area contributed by atoms with E-state index in [4.69, 9.17) is 85.0 Å². The lowest BCUT2D eigenvalue weighted by Crippen LogP contribution is -2.67. The topological polar surface area (TPSA) is 227 Å². The Bertz CT molecular complexity index is 3530. The van der Waals surface area contributed by atoms with Crippen LogP contribution >= 0.6 is 11.8 Å². The van der Waals surface area contributed by atoms with Crippen LogP contribution in [0.5, 0.6) is 34.5 Å². The van der Waals surface area contributed by atoms with Crippen molar-refractivity contribution in [2.45, 2.75) is 175 Å². The van der Waals surface area contributed by atoms with Crippen molar-refractivity contribution in [1.82, 2.24) is 0 Å². The molecule has 0 amide bonds. The van der Waals surface area contributed by atoms with Crippen LogP contribution in [0.15, 0.2) is 181 Å². The molecule has 0 aromatic heterocycles. The van der Waals surface area contributed by atoms with Gasteiger partial charge in [-0.15, -0.1) is 0 Å². The zero-order chi connectivity index (χ0) is 71.5. The molecule has 15 atom stereocenters. The molecule has 0 unspecified atom stereocenters. The van der Waals surface area contributed by atoms with Gasteiger partial charge in [0.1, 0.15) is 113 Å². The molecule has 3 aliphatic heterocycles. The molecule has 0 bridgehead atoms. The fourth-order valence-electron chi connectivity index (χ4n) is 11.6. The third-order valence-corrected chi connectivity index (χ3v) is 24.3. The first-order chi connectivity index (χ1) is 48.8. The third-order valence-electron chi connectivity index (χ3n) is 18.7. The van der Waals surface area contributed by atoms with E-state index in [-0.39, 0.29) is 64.5 Å². The molecule has 23 heteroatoms. The third kappa shape index (κ3) is 21.0. The first kappa shape index (κ1) is 76.9. The highest BCUT2D eigenvalue weighted by atomic mass is 32.2. The second-order valence-electron chi connectivity index (χ2n) is 26.5. The number of methoxy groups -OCH3 is 6. The molecule has 3 aliphatic rings. The number of hydrogen-bond acceptors (Lipinski definition) is 22. The molecule has 0 radical (unpaired) electrons. The zero-order valence-corrected chi connectivity index (χ0v) is 61.2. The summed E-state index contributed by atoms with van der Waals surface area (Å²) in [5.41, 5.74) is 3.87. The molecule has 0 aliphatic carbocycles. The van der Waals surface area contributed by atoms with Crippen LogP contribution in [0, 0.1) is 0 Å². The van der Waals surface area contributed by atoms with Crippen LogP contribution in [0.1, 0.15) is 54.2 Å². The van der Waals surface area contributed by atoms with E-state index in [1.165, 1.54) is 11.8 Å². The van der Waals surface area contributed by atoms with Gasteiger partial charge < -0.3 is 100 Å². The number of benzene rings is 7. The van der Waals surface area contributed by atoms with E-state index < -0.39 is 99.6 Å². The Kier molecular flexibility index (Phi) is 28.3. The van der Waals surface area contributed by atoms with Gasteiger partial charge >= 0.3 is 0 Å². The van der Waals surface area contributed by atoms with Crippen LogP contribution in [0.2, 0.25) is 18.1 Å². The van der Waals surface area contributed by atoms with Gasteiger partial charge in [0.2, 0.25) is 0 Å². The van der Waals surface area contributed by atoms with Crippen molar-refractivity contribution >= 4 is 20.1 Å². The Balaban J connectivity index is 1.06. The van der Waals surface area contributed by atoms with E-state index in [1.807, 2.05) is 164 Å². The fourth-order valence-corrected chi connectivity index (χ4v) is 13.7. The average Bonchev–Trinajstić information content (AvgIpc) is 0.769. The number of aliphatic hydroxyl groups is 3. The summed E-state index contributed by atoms with van der Waals surface area (Å²) in [5.74, 6) is 3.98. The van der Waals surface area contributed by atoms with E-state index >= 15 is 0 Å². The first-order valence-electron chi connectivity index (χ1n) is 33.9. The van der Waals surface area contributed by atoms with Crippen molar-refractivity contribution in [3.8, 4) is 34.5 Å². The van der Waals surface area contributed by atoms with Gasteiger partial charge in [0.15, 0.2) is 20.9 Å². The van der Waals surface area contributed by atoms with Crippen LogP contribution in [-0.4, -0.2) is 177 Å². The quantitative estimate of drug-likeness (QED) is 0.0314. The average molecular weight is 1430 g/mol. The highest BCUT2D eigenvalue weighted by Crippen LogP contribution is 2.42. The van der Waals surface area contributed by atoms with Crippen LogP contribution in [0.25, 0.3) is 0 Å². The Labute approximate surface area is 598 Å². The molecular formula is C78H98O21SSi. The Morgan fingerprint density at radius 2 is 0.703 bits per heavy atom. The van der Waals surface area contributed by atoms with E-state index in [2.05, 4.69) is 33.9 Å². The van der Waals surface area contributed by atoms with Gasteiger partial charge in [0.05, 0.1) is 102 Å². The van der Waals surface area contributed by atoms with Gasteiger partial charge in [-0.2, -0.15) is 0 Å². The lowest BCUT2D eigenvalue weighted by molar-refractivity contribution is -0.383. The van der Waals surface area contributed by atoms with Gasteiger partial charge in [-0.25, -0.2) is 0 Å². The molecule has 7 aromatic rings. The van der Waals surface area contributed by atoms with E-state index in [9.17, 15) is 15.3 Å². The summed E-state index contributed by atoms with van der Waals surface area (Å²) in [5, 5.41) is 38.7. The molecule has 0 saturated carbocycles. The molecule has 10 rings (SSSR count). The van der Waals surface area contributed by atoms with Crippen LogP contribution < -0.4 is 28.4 Å². The van der Waals surface area contributed by atoms with Crippen molar-refractivity contribution in [2.24, 2.45) is 0 Å². The largest absolute Gasteiger partial charge is 0.497 e. The maximum Gasteiger partial charge on any atom is 0.192 e. The number of thioether (sulfide) groups is 1. The van der Waals surface area contributed by atoms with Crippen LogP contribution in [0.4, 0.5) is 0 Å². The number of ether oxygens (including phenoxy) is 17. The first-order valence-corrected chi connectivity index (χ1v) is 37.7. The molecule has 21 nitrogen and oxygen atoms in total. The predicted molar refractivity (Wildman–Crippen MR) is 381 cm³/mol. The number of aliphatic hydroxyl groups excluding tert-OH is 3. The second kappa shape index (κ2) is 37.1. The van der Waals surface area contributed by atoms with E-state index in [0.29, 0.717) is 40.1 Å². The molecule has 3 heterocycles. The standard InChI is InChI=1S/C78H98O21SSi/c1-78(2,3)101(10,11)94-49-63-66(79)71(68(81)77(97-63)100-62-15-13-12-14-16-62)99-75-72(91-44-53-23-35-59(85-7)36-24-53)67(80)69(64(95-75)47-88-41-50-17-29-56(82-4)30-18-50)98-76-74(93-46-55-27-39-61(87-9)40-28-55)73(92-45-54-25-37-60(86-8)38-26-54)70(90-43-52-21-33-58(84-6)34-22-52)65(96-76)48-89-42-51-19-31-57(83-5)32-20-51/h12-40,63-77,79-81H,41-49H2,1-11H3/t63-,64-,65-,66-,67+,68-,69-,70+,71+,72-,73+,74-,75+,76+,77-/m1/s1. The van der Waals surface area contributed by atoms with Gasteiger partial charge in [0, 0.05) is 4.90 Å². The molecule has 101 heavy (non-hydrogen) atoms. The summed E-state index contributed by atoms with van der Waals surface area (Å²) in [6, 6.07) is 54.5. The molecule has 3 N–H and O–H groups in total. The zero-order valence-electron chi connectivity index (χ0n) is 59.4. The summed E-state index contributed by atoms with van der Waals surface area (Å²) in [7, 11) is 7.19. The van der Waals surface area contributed by atoms with Crippen molar-refractivity contribution in [1.29, 1.82) is 0 Å². The molecule has 546 valence electrons. The normalized spacial score (nSPS) is 25.5. The molecule has 7 aromatic carbocycles. The lowest BCUT2D eigenvalue weighted by atomic mass is 9.95. The highest BCUT2D eigenvalue weighted by molar-refractivity contribution is 7.99. The maximum atomic E-state index is 13.6. The summed E-state index contributed by atoms with van der Waals surface area (Å²) >= 11 is 1.28. The van der Waals surface area contributed by atoms with E-state index in [0.717, 1.165) is 32.7 Å². The minimum Gasteiger partial charge on any atom is -0.497 e. The van der Waals surface area contributed by atoms with Crippen molar-refractivity contribution in [3.05, 3.63) is 209 Å². The minimum atomic E-state index is -2.44. The van der Waals surface area contributed by atoms with Crippen molar-refractivity contribution < 1.29 is 100 Å². The summed E-state index contributed by atoms with van der Waals surface area (Å²) in [6.07, 6.45) is -18.0. The highest BCUT2D eigenvalue weighted by Gasteiger charge is 2.56. The number of hydrogen-bond donors (Lipinski definition) is 3. The monoisotopic (exact) mass is 1430 g/mol. The van der Waals surface area contributed by atoms with Gasteiger partial charge in [-0.1, -0.05) is 124 Å². The Morgan fingerprint density at radius 1 is 0.356 bits per heavy atom. The Morgan fingerprint density at radius 3 is 1.10 bits per heavy atom.